The molecule has 1 aromatic carbocycles. The number of thioether (sulfide) groups is 1. The number of hydrogen-bond acceptors (Lipinski definition) is 6. The molecule has 0 N–H and O–H groups in total. The highest BCUT2D eigenvalue weighted by Crippen LogP contribution is 2.30. The van der Waals surface area contributed by atoms with Crippen molar-refractivity contribution in [2.45, 2.75) is 31.9 Å². The molecule has 0 saturated heterocycles. The van der Waals surface area contributed by atoms with Gasteiger partial charge in [-0.25, -0.2) is 4.98 Å². The zero-order valence-electron chi connectivity index (χ0n) is 12.6. The predicted octanol–water partition coefficient (Wildman–Crippen LogP) is 4.53. The van der Waals surface area contributed by atoms with Crippen molar-refractivity contribution in [1.29, 1.82) is 0 Å². The lowest BCUT2D eigenvalue weighted by molar-refractivity contribution is 0.466. The Bertz CT molecular complexity index is 737. The number of aromatic nitrogens is 3. The predicted molar refractivity (Wildman–Crippen MR) is 90.4 cm³/mol. The average Bonchev–Trinajstić information content (AvgIpc) is 3.11. The van der Waals surface area contributed by atoms with Crippen LogP contribution in [0.1, 0.15) is 22.7 Å². The molecule has 0 atom stereocenters. The molecule has 0 aliphatic carbocycles. The lowest BCUT2D eigenvalue weighted by atomic mass is 10.1. The lowest BCUT2D eigenvalue weighted by Crippen LogP contribution is -1.87. The van der Waals surface area contributed by atoms with Crippen molar-refractivity contribution < 1.29 is 4.42 Å². The van der Waals surface area contributed by atoms with Crippen molar-refractivity contribution in [3.8, 4) is 10.8 Å². The fourth-order valence-electron chi connectivity index (χ4n) is 2.17. The zero-order valence-corrected chi connectivity index (χ0v) is 14.2. The van der Waals surface area contributed by atoms with Crippen LogP contribution in [0.4, 0.5) is 0 Å². The Kier molecular flexibility index (Phi) is 4.90. The van der Waals surface area contributed by atoms with Gasteiger partial charge in [-0.05, 0) is 32.3 Å². The Morgan fingerprint density at radius 1 is 1.14 bits per heavy atom. The number of hydrogen-bond donors (Lipinski definition) is 0. The third-order valence-corrected chi connectivity index (χ3v) is 5.15. The highest BCUT2D eigenvalue weighted by atomic mass is 32.2. The molecule has 3 rings (SSSR count). The number of rotatable bonds is 6. The molecule has 0 spiro atoms. The summed E-state index contributed by atoms with van der Waals surface area (Å²) in [7, 11) is 0. The fourth-order valence-corrected chi connectivity index (χ4v) is 3.71. The minimum absolute atomic E-state index is 0.577. The Morgan fingerprint density at radius 2 is 1.95 bits per heavy atom. The summed E-state index contributed by atoms with van der Waals surface area (Å²) in [5.74, 6) is 1.55. The van der Waals surface area contributed by atoms with Gasteiger partial charge in [-0.2, -0.15) is 0 Å². The van der Waals surface area contributed by atoms with Gasteiger partial charge < -0.3 is 4.42 Å². The normalized spacial score (nSPS) is 11.0. The van der Waals surface area contributed by atoms with Crippen LogP contribution in [-0.4, -0.2) is 20.9 Å². The zero-order chi connectivity index (χ0) is 15.4. The monoisotopic (exact) mass is 331 g/mol. The quantitative estimate of drug-likeness (QED) is 0.490. The summed E-state index contributed by atoms with van der Waals surface area (Å²) in [5.41, 5.74) is 2.32. The topological polar surface area (TPSA) is 51.8 Å². The number of benzene rings is 1. The van der Waals surface area contributed by atoms with Crippen LogP contribution in [0.15, 0.2) is 40.0 Å². The lowest BCUT2D eigenvalue weighted by Gasteiger charge is -1.99. The SMILES string of the molecule is Cc1nc(C)c(-c2nnc(SCCCc3ccccc3)o2)s1. The summed E-state index contributed by atoms with van der Waals surface area (Å²) in [6.07, 6.45) is 2.16. The number of thiazole rings is 1. The molecule has 0 fully saturated rings. The smallest absolute Gasteiger partial charge is 0.276 e. The van der Waals surface area contributed by atoms with Crippen LogP contribution in [0, 0.1) is 13.8 Å². The molecule has 0 bridgehead atoms. The van der Waals surface area contributed by atoms with E-state index in [1.54, 1.807) is 23.1 Å². The first-order chi connectivity index (χ1) is 10.7. The van der Waals surface area contributed by atoms with Crippen molar-refractivity contribution in [3.63, 3.8) is 0 Å². The van der Waals surface area contributed by atoms with Gasteiger partial charge in [-0.3, -0.25) is 0 Å². The van der Waals surface area contributed by atoms with Gasteiger partial charge in [0.2, 0.25) is 0 Å². The molecule has 4 nitrogen and oxygen atoms in total. The third-order valence-electron chi connectivity index (χ3n) is 3.18. The number of nitrogens with zero attached hydrogens (tertiary/aromatic N) is 3. The summed E-state index contributed by atoms with van der Waals surface area (Å²) in [4.78, 5) is 5.36. The largest absolute Gasteiger partial charge is 0.410 e. The summed E-state index contributed by atoms with van der Waals surface area (Å²) in [6, 6.07) is 10.5. The highest BCUT2D eigenvalue weighted by Gasteiger charge is 2.14. The molecule has 0 radical (unpaired) electrons. The maximum atomic E-state index is 5.73. The summed E-state index contributed by atoms with van der Waals surface area (Å²) >= 11 is 3.20. The number of aryl methyl sites for hydroxylation is 3. The second kappa shape index (κ2) is 7.07. The Labute approximate surface area is 138 Å². The van der Waals surface area contributed by atoms with Crippen LogP contribution in [-0.2, 0) is 6.42 Å². The molecule has 114 valence electrons. The van der Waals surface area contributed by atoms with Crippen LogP contribution < -0.4 is 0 Å². The molecule has 2 heterocycles. The van der Waals surface area contributed by atoms with Crippen LogP contribution in [0.2, 0.25) is 0 Å². The highest BCUT2D eigenvalue weighted by molar-refractivity contribution is 7.99. The van der Waals surface area contributed by atoms with E-state index in [9.17, 15) is 0 Å². The van der Waals surface area contributed by atoms with Crippen molar-refractivity contribution in [2.24, 2.45) is 0 Å². The van der Waals surface area contributed by atoms with Gasteiger partial charge >= 0.3 is 0 Å². The molecule has 0 saturated carbocycles. The van der Waals surface area contributed by atoms with Crippen LogP contribution in [0.5, 0.6) is 0 Å². The van der Waals surface area contributed by atoms with Gasteiger partial charge in [0.1, 0.15) is 4.88 Å². The van der Waals surface area contributed by atoms with Gasteiger partial charge in [0, 0.05) is 5.75 Å². The Hall–Kier alpha value is -1.66. The van der Waals surface area contributed by atoms with Crippen LogP contribution in [0.3, 0.4) is 0 Å². The van der Waals surface area contributed by atoms with E-state index in [2.05, 4.69) is 39.4 Å². The van der Waals surface area contributed by atoms with E-state index < -0.39 is 0 Å². The van der Waals surface area contributed by atoms with Crippen molar-refractivity contribution in [2.75, 3.05) is 5.75 Å². The van der Waals surface area contributed by atoms with Gasteiger partial charge in [-0.1, -0.05) is 42.1 Å². The molecule has 0 amide bonds. The van der Waals surface area contributed by atoms with E-state index in [1.165, 1.54) is 5.56 Å². The standard InChI is InChI=1S/C16H17N3OS2/c1-11-14(22-12(2)17-11)15-18-19-16(20-15)21-10-6-9-13-7-4-3-5-8-13/h3-5,7-8H,6,9-10H2,1-2H3. The maximum absolute atomic E-state index is 5.73. The van der Waals surface area contributed by atoms with E-state index in [1.807, 2.05) is 19.9 Å². The van der Waals surface area contributed by atoms with Crippen LogP contribution in [0.25, 0.3) is 10.8 Å². The summed E-state index contributed by atoms with van der Waals surface area (Å²) < 4.78 is 5.73. The minimum atomic E-state index is 0.577. The molecule has 0 aliphatic heterocycles. The fraction of sp³-hybridized carbons (Fsp3) is 0.312. The minimum Gasteiger partial charge on any atom is -0.410 e. The molecule has 6 heteroatoms. The van der Waals surface area contributed by atoms with E-state index in [4.69, 9.17) is 4.42 Å². The van der Waals surface area contributed by atoms with Crippen molar-refractivity contribution in [1.82, 2.24) is 15.2 Å². The Balaban J connectivity index is 1.53. The van der Waals surface area contributed by atoms with Crippen molar-refractivity contribution >= 4 is 23.1 Å². The van der Waals surface area contributed by atoms with Gasteiger partial charge in [0.05, 0.1) is 10.7 Å². The first kappa shape index (κ1) is 15.2. The molecular weight excluding hydrogens is 314 g/mol. The third kappa shape index (κ3) is 3.75. The van der Waals surface area contributed by atoms with Gasteiger partial charge in [-0.15, -0.1) is 21.5 Å². The van der Waals surface area contributed by atoms with Crippen LogP contribution >= 0.6 is 23.1 Å². The van der Waals surface area contributed by atoms with Gasteiger partial charge in [0.15, 0.2) is 0 Å². The van der Waals surface area contributed by atoms with E-state index in [0.29, 0.717) is 11.1 Å². The summed E-state index contributed by atoms with van der Waals surface area (Å²) in [6.45, 7) is 3.95. The van der Waals surface area contributed by atoms with E-state index in [0.717, 1.165) is 34.2 Å². The molecule has 3 aromatic rings. The maximum Gasteiger partial charge on any atom is 0.276 e. The van der Waals surface area contributed by atoms with Gasteiger partial charge in [0.25, 0.3) is 11.1 Å². The first-order valence-corrected chi connectivity index (χ1v) is 8.97. The molecular formula is C16H17N3OS2. The molecule has 22 heavy (non-hydrogen) atoms. The molecule has 0 unspecified atom stereocenters. The van der Waals surface area contributed by atoms with Crippen molar-refractivity contribution in [3.05, 3.63) is 46.6 Å². The first-order valence-electron chi connectivity index (χ1n) is 7.17. The average molecular weight is 331 g/mol. The summed E-state index contributed by atoms with van der Waals surface area (Å²) in [5, 5.41) is 9.89. The molecule has 2 aromatic heterocycles. The van der Waals surface area contributed by atoms with E-state index in [-0.39, 0.29) is 0 Å². The second-order valence-corrected chi connectivity index (χ2v) is 7.21. The van der Waals surface area contributed by atoms with E-state index >= 15 is 0 Å². The Morgan fingerprint density at radius 3 is 2.68 bits per heavy atom. The molecule has 0 aliphatic rings. The second-order valence-electron chi connectivity index (χ2n) is 4.96.